The molecular weight excluding hydrogens is 140 g/mol. The summed E-state index contributed by atoms with van der Waals surface area (Å²) in [4.78, 5) is 0. The van der Waals surface area contributed by atoms with Crippen LogP contribution in [0.25, 0.3) is 0 Å². The number of aliphatic hydroxyl groups is 1. The fraction of sp³-hybridized carbons (Fsp3) is 0.625. The van der Waals surface area contributed by atoms with E-state index in [0.29, 0.717) is 0 Å². The standard InChI is InChI=1S/C8H13N2O/c1-6-3-7(2)10-5-8(11)4-9(6)10/h3,8,11H,4-5H2,1-2H3/q+1. The maximum Gasteiger partial charge on any atom is 0.205 e. The van der Waals surface area contributed by atoms with Crippen LogP contribution in [0.3, 0.4) is 0 Å². The number of aromatic nitrogens is 2. The second-order valence-corrected chi connectivity index (χ2v) is 3.25. The molecule has 0 fully saturated rings. The smallest absolute Gasteiger partial charge is 0.205 e. The van der Waals surface area contributed by atoms with Crippen molar-refractivity contribution in [2.24, 2.45) is 0 Å². The summed E-state index contributed by atoms with van der Waals surface area (Å²) in [6.45, 7) is 5.64. The van der Waals surface area contributed by atoms with Crippen molar-refractivity contribution < 1.29 is 9.79 Å². The van der Waals surface area contributed by atoms with Crippen molar-refractivity contribution in [1.29, 1.82) is 0 Å². The second-order valence-electron chi connectivity index (χ2n) is 3.25. The van der Waals surface area contributed by atoms with Crippen LogP contribution in [-0.2, 0) is 13.1 Å². The molecule has 0 aliphatic carbocycles. The first kappa shape index (κ1) is 6.85. The fourth-order valence-electron chi connectivity index (χ4n) is 1.77. The van der Waals surface area contributed by atoms with Crippen LogP contribution < -0.4 is 4.68 Å². The van der Waals surface area contributed by atoms with Gasteiger partial charge in [0, 0.05) is 13.0 Å². The molecule has 1 N–H and O–H groups in total. The Balaban J connectivity index is 2.51. The van der Waals surface area contributed by atoms with Gasteiger partial charge in [-0.05, 0) is 6.92 Å². The average Bonchev–Trinajstić information content (AvgIpc) is 2.38. The minimum atomic E-state index is -0.186. The van der Waals surface area contributed by atoms with Crippen molar-refractivity contribution in [1.82, 2.24) is 4.68 Å². The van der Waals surface area contributed by atoms with Crippen LogP contribution in [0.15, 0.2) is 6.07 Å². The predicted molar refractivity (Wildman–Crippen MR) is 40.1 cm³/mol. The molecule has 0 radical (unpaired) electrons. The third-order valence-corrected chi connectivity index (χ3v) is 2.29. The van der Waals surface area contributed by atoms with E-state index < -0.39 is 0 Å². The molecule has 2 rings (SSSR count). The molecule has 0 saturated carbocycles. The third kappa shape index (κ3) is 0.878. The number of fused-ring (bicyclic) bond motifs is 1. The molecule has 1 aliphatic rings. The number of nitrogens with zero attached hydrogens (tertiary/aromatic N) is 2. The van der Waals surface area contributed by atoms with E-state index in [-0.39, 0.29) is 6.10 Å². The zero-order chi connectivity index (χ0) is 8.01. The molecule has 0 atom stereocenters. The second kappa shape index (κ2) is 2.08. The van der Waals surface area contributed by atoms with Gasteiger partial charge in [0.25, 0.3) is 0 Å². The number of aliphatic hydroxyl groups excluding tert-OH is 1. The fourth-order valence-corrected chi connectivity index (χ4v) is 1.77. The molecule has 1 aliphatic heterocycles. The van der Waals surface area contributed by atoms with E-state index in [4.69, 9.17) is 0 Å². The Morgan fingerprint density at radius 1 is 1.64 bits per heavy atom. The first-order valence-electron chi connectivity index (χ1n) is 3.93. The lowest BCUT2D eigenvalue weighted by atomic mass is 10.3. The third-order valence-electron chi connectivity index (χ3n) is 2.29. The lowest BCUT2D eigenvalue weighted by molar-refractivity contribution is -0.765. The first-order valence-corrected chi connectivity index (χ1v) is 3.93. The van der Waals surface area contributed by atoms with E-state index in [1.807, 2.05) is 0 Å². The number of hydrogen-bond acceptors (Lipinski definition) is 1. The summed E-state index contributed by atoms with van der Waals surface area (Å²) in [7, 11) is 0. The summed E-state index contributed by atoms with van der Waals surface area (Å²) in [6, 6.07) is 2.14. The van der Waals surface area contributed by atoms with Crippen LogP contribution in [0, 0.1) is 13.8 Å². The summed E-state index contributed by atoms with van der Waals surface area (Å²) < 4.78 is 4.25. The molecule has 60 valence electrons. The van der Waals surface area contributed by atoms with E-state index >= 15 is 0 Å². The molecule has 0 unspecified atom stereocenters. The van der Waals surface area contributed by atoms with Gasteiger partial charge in [0.2, 0.25) is 5.69 Å². The Morgan fingerprint density at radius 2 is 2.36 bits per heavy atom. The summed E-state index contributed by atoms with van der Waals surface area (Å²) in [5.41, 5.74) is 2.47. The van der Waals surface area contributed by atoms with Crippen LogP contribution in [0.4, 0.5) is 0 Å². The zero-order valence-corrected chi connectivity index (χ0v) is 6.91. The summed E-state index contributed by atoms with van der Waals surface area (Å²) >= 11 is 0. The van der Waals surface area contributed by atoms with Crippen LogP contribution in [0.5, 0.6) is 0 Å². The average molecular weight is 153 g/mol. The van der Waals surface area contributed by atoms with Crippen LogP contribution >= 0.6 is 0 Å². The number of hydrogen-bond donors (Lipinski definition) is 1. The highest BCUT2D eigenvalue weighted by atomic mass is 16.3. The van der Waals surface area contributed by atoms with Crippen molar-refractivity contribution in [3.05, 3.63) is 17.5 Å². The highest BCUT2D eigenvalue weighted by Gasteiger charge is 2.29. The van der Waals surface area contributed by atoms with Gasteiger partial charge in [-0.25, -0.2) is 0 Å². The Labute approximate surface area is 65.9 Å². The van der Waals surface area contributed by atoms with Crippen molar-refractivity contribution >= 4 is 0 Å². The molecule has 0 aromatic carbocycles. The summed E-state index contributed by atoms with van der Waals surface area (Å²) in [5, 5.41) is 9.35. The quantitative estimate of drug-likeness (QED) is 0.512. The van der Waals surface area contributed by atoms with Crippen molar-refractivity contribution in [3.63, 3.8) is 0 Å². The van der Waals surface area contributed by atoms with E-state index in [0.717, 1.165) is 13.1 Å². The molecule has 0 saturated heterocycles. The van der Waals surface area contributed by atoms with Crippen LogP contribution in [0.2, 0.25) is 0 Å². The van der Waals surface area contributed by atoms with Crippen molar-refractivity contribution in [2.75, 3.05) is 0 Å². The Bertz CT molecular complexity index is 264. The van der Waals surface area contributed by atoms with E-state index in [1.165, 1.54) is 11.4 Å². The highest BCUT2D eigenvalue weighted by Crippen LogP contribution is 2.07. The van der Waals surface area contributed by atoms with Gasteiger partial charge in [0.15, 0.2) is 6.54 Å². The normalized spacial score (nSPS) is 22.3. The molecular formula is C8H13N2O+. The van der Waals surface area contributed by atoms with E-state index in [2.05, 4.69) is 29.3 Å². The minimum absolute atomic E-state index is 0.186. The van der Waals surface area contributed by atoms with Gasteiger partial charge in [-0.1, -0.05) is 0 Å². The van der Waals surface area contributed by atoms with Crippen molar-refractivity contribution in [3.8, 4) is 0 Å². The largest absolute Gasteiger partial charge is 0.384 e. The molecule has 3 nitrogen and oxygen atoms in total. The maximum absolute atomic E-state index is 9.35. The van der Waals surface area contributed by atoms with Gasteiger partial charge in [-0.3, -0.25) is 0 Å². The van der Waals surface area contributed by atoms with E-state index in [1.54, 1.807) is 0 Å². The van der Waals surface area contributed by atoms with Gasteiger partial charge in [-0.2, -0.15) is 4.68 Å². The first-order chi connectivity index (χ1) is 5.18. The molecule has 3 heteroatoms. The lowest BCUT2D eigenvalue weighted by Gasteiger charge is -1.91. The van der Waals surface area contributed by atoms with Gasteiger partial charge in [0.1, 0.15) is 12.6 Å². The molecule has 0 spiro atoms. The maximum atomic E-state index is 9.35. The predicted octanol–water partition coefficient (Wildman–Crippen LogP) is -0.233. The Kier molecular flexibility index (Phi) is 1.29. The molecule has 1 aromatic heterocycles. The van der Waals surface area contributed by atoms with E-state index in [9.17, 15) is 5.11 Å². The number of aryl methyl sites for hydroxylation is 2. The summed E-state index contributed by atoms with van der Waals surface area (Å²) in [5.74, 6) is 0. The van der Waals surface area contributed by atoms with Crippen LogP contribution in [0.1, 0.15) is 11.4 Å². The van der Waals surface area contributed by atoms with Gasteiger partial charge < -0.3 is 5.11 Å². The molecule has 0 bridgehead atoms. The Morgan fingerprint density at radius 3 is 3.00 bits per heavy atom. The SMILES string of the molecule is Cc1cc(C)[n+]2n1CC(O)C2. The topological polar surface area (TPSA) is 29.0 Å². The van der Waals surface area contributed by atoms with Gasteiger partial charge in [-0.15, -0.1) is 4.68 Å². The molecule has 2 heterocycles. The highest BCUT2D eigenvalue weighted by molar-refractivity contribution is 5.02. The van der Waals surface area contributed by atoms with Crippen molar-refractivity contribution in [2.45, 2.75) is 33.0 Å². The molecule has 11 heavy (non-hydrogen) atoms. The molecule has 0 amide bonds. The molecule has 1 aromatic rings. The van der Waals surface area contributed by atoms with Gasteiger partial charge >= 0.3 is 0 Å². The monoisotopic (exact) mass is 153 g/mol. The minimum Gasteiger partial charge on any atom is -0.384 e. The Hall–Kier alpha value is -0.830. The lowest BCUT2D eigenvalue weighted by Crippen LogP contribution is -2.40. The summed E-state index contributed by atoms with van der Waals surface area (Å²) in [6.07, 6.45) is -0.186. The van der Waals surface area contributed by atoms with Crippen LogP contribution in [-0.4, -0.2) is 15.9 Å². The zero-order valence-electron chi connectivity index (χ0n) is 6.91. The number of rotatable bonds is 0. The van der Waals surface area contributed by atoms with Gasteiger partial charge in [0.05, 0.1) is 5.69 Å².